The summed E-state index contributed by atoms with van der Waals surface area (Å²) in [5.41, 5.74) is 6.12. The van der Waals surface area contributed by atoms with Crippen LogP contribution in [0.25, 0.3) is 0 Å². The Morgan fingerprint density at radius 3 is 2.31 bits per heavy atom. The summed E-state index contributed by atoms with van der Waals surface area (Å²) in [6, 6.07) is 1.96. The predicted octanol–water partition coefficient (Wildman–Crippen LogP) is 2.42. The Morgan fingerprint density at radius 2 is 1.88 bits per heavy atom. The molecular weight excluding hydrogens is 212 g/mol. The number of benzene rings is 1. The molecule has 0 heterocycles. The first-order valence-electron chi connectivity index (χ1n) is 5.18. The number of hydrogen-bond acceptors (Lipinski definition) is 2. The molecule has 0 unspecified atom stereocenters. The van der Waals surface area contributed by atoms with E-state index >= 15 is 0 Å². The first-order valence-corrected chi connectivity index (χ1v) is 5.18. The molecule has 0 aromatic heterocycles. The highest BCUT2D eigenvalue weighted by atomic mass is 19.1. The van der Waals surface area contributed by atoms with Crippen LogP contribution in [0.1, 0.15) is 25.3 Å². The highest BCUT2D eigenvalue weighted by Crippen LogP contribution is 2.59. The van der Waals surface area contributed by atoms with Crippen LogP contribution in [-0.4, -0.2) is 13.2 Å². The molecule has 2 atom stereocenters. The van der Waals surface area contributed by atoms with E-state index in [-0.39, 0.29) is 23.1 Å². The molecule has 0 aliphatic heterocycles. The number of ether oxygens (including phenoxy) is 1. The molecule has 1 aromatic rings. The molecule has 4 heteroatoms. The highest BCUT2D eigenvalue weighted by Gasteiger charge is 2.58. The standard InChI is InChI=1S/C12H15F2NO/c1-12(2)10(11(12)15)9-7(14)4-6(13)5-8(9)16-3/h4-5,10-11H,15H2,1-3H3/t10-,11-/m0/s1. The second-order valence-electron chi connectivity index (χ2n) is 4.83. The van der Waals surface area contributed by atoms with Crippen molar-refractivity contribution in [2.24, 2.45) is 11.1 Å². The molecule has 16 heavy (non-hydrogen) atoms. The maximum absolute atomic E-state index is 13.7. The summed E-state index contributed by atoms with van der Waals surface area (Å²) in [6.45, 7) is 3.93. The smallest absolute Gasteiger partial charge is 0.133 e. The van der Waals surface area contributed by atoms with E-state index in [0.717, 1.165) is 6.07 Å². The molecule has 1 aromatic carbocycles. The number of nitrogens with two attached hydrogens (primary N) is 1. The average Bonchev–Trinajstić information content (AvgIpc) is 2.66. The molecule has 0 bridgehead atoms. The van der Waals surface area contributed by atoms with E-state index in [1.54, 1.807) is 0 Å². The Balaban J connectivity index is 2.49. The van der Waals surface area contributed by atoms with Crippen molar-refractivity contribution in [1.29, 1.82) is 0 Å². The van der Waals surface area contributed by atoms with Crippen molar-refractivity contribution in [1.82, 2.24) is 0 Å². The molecule has 0 amide bonds. The van der Waals surface area contributed by atoms with E-state index in [1.165, 1.54) is 13.2 Å². The van der Waals surface area contributed by atoms with E-state index in [0.29, 0.717) is 5.56 Å². The summed E-state index contributed by atoms with van der Waals surface area (Å²) in [7, 11) is 1.40. The molecule has 1 aliphatic rings. The summed E-state index contributed by atoms with van der Waals surface area (Å²) < 4.78 is 31.8. The number of hydrogen-bond donors (Lipinski definition) is 1. The lowest BCUT2D eigenvalue weighted by Gasteiger charge is -2.10. The zero-order chi connectivity index (χ0) is 12.1. The van der Waals surface area contributed by atoms with Gasteiger partial charge in [-0.15, -0.1) is 0 Å². The van der Waals surface area contributed by atoms with Crippen LogP contribution in [0.2, 0.25) is 0 Å². The number of rotatable bonds is 2. The van der Waals surface area contributed by atoms with E-state index in [9.17, 15) is 8.78 Å². The van der Waals surface area contributed by atoms with Crippen LogP contribution in [0, 0.1) is 17.0 Å². The monoisotopic (exact) mass is 227 g/mol. The van der Waals surface area contributed by atoms with Gasteiger partial charge >= 0.3 is 0 Å². The third kappa shape index (κ3) is 1.48. The van der Waals surface area contributed by atoms with Crippen LogP contribution in [0.15, 0.2) is 12.1 Å². The zero-order valence-corrected chi connectivity index (χ0v) is 9.55. The summed E-state index contributed by atoms with van der Waals surface area (Å²) in [4.78, 5) is 0. The van der Waals surface area contributed by atoms with Gasteiger partial charge in [-0.05, 0) is 5.41 Å². The minimum Gasteiger partial charge on any atom is -0.496 e. The fourth-order valence-electron chi connectivity index (χ4n) is 2.26. The maximum atomic E-state index is 13.7. The van der Waals surface area contributed by atoms with Crippen LogP contribution >= 0.6 is 0 Å². The van der Waals surface area contributed by atoms with Crippen molar-refractivity contribution < 1.29 is 13.5 Å². The first-order chi connectivity index (χ1) is 7.39. The van der Waals surface area contributed by atoms with Gasteiger partial charge in [0.15, 0.2) is 0 Å². The van der Waals surface area contributed by atoms with E-state index < -0.39 is 11.6 Å². The predicted molar refractivity (Wildman–Crippen MR) is 57.4 cm³/mol. The SMILES string of the molecule is COc1cc(F)cc(F)c1[C@H]1[C@H](N)C1(C)C. The largest absolute Gasteiger partial charge is 0.496 e. The molecule has 2 rings (SSSR count). The van der Waals surface area contributed by atoms with Gasteiger partial charge in [-0.2, -0.15) is 0 Å². The summed E-state index contributed by atoms with van der Waals surface area (Å²) in [6.07, 6.45) is 0. The van der Waals surface area contributed by atoms with Gasteiger partial charge in [0.05, 0.1) is 7.11 Å². The topological polar surface area (TPSA) is 35.2 Å². The minimum atomic E-state index is -0.634. The highest BCUT2D eigenvalue weighted by molar-refractivity contribution is 5.45. The lowest BCUT2D eigenvalue weighted by Crippen LogP contribution is -2.07. The second-order valence-corrected chi connectivity index (χ2v) is 4.83. The average molecular weight is 227 g/mol. The van der Waals surface area contributed by atoms with Gasteiger partial charge in [0.25, 0.3) is 0 Å². The van der Waals surface area contributed by atoms with Crippen molar-refractivity contribution in [2.45, 2.75) is 25.8 Å². The Hall–Kier alpha value is -1.16. The summed E-state index contributed by atoms with van der Waals surface area (Å²) >= 11 is 0. The Bertz CT molecular complexity index is 431. The minimum absolute atomic E-state index is 0.108. The van der Waals surface area contributed by atoms with Crippen molar-refractivity contribution in [3.8, 4) is 5.75 Å². The Labute approximate surface area is 93.4 Å². The second kappa shape index (κ2) is 3.42. The maximum Gasteiger partial charge on any atom is 0.133 e. The van der Waals surface area contributed by atoms with Crippen LogP contribution in [0.3, 0.4) is 0 Å². The van der Waals surface area contributed by atoms with Gasteiger partial charge in [0.2, 0.25) is 0 Å². The number of methoxy groups -OCH3 is 1. The molecule has 1 aliphatic carbocycles. The van der Waals surface area contributed by atoms with Crippen LogP contribution in [-0.2, 0) is 0 Å². The quantitative estimate of drug-likeness (QED) is 0.842. The Kier molecular flexibility index (Phi) is 2.42. The van der Waals surface area contributed by atoms with Crippen molar-refractivity contribution in [3.63, 3.8) is 0 Å². The van der Waals surface area contributed by atoms with Gasteiger partial charge < -0.3 is 10.5 Å². The molecule has 1 fully saturated rings. The van der Waals surface area contributed by atoms with Crippen molar-refractivity contribution in [2.75, 3.05) is 7.11 Å². The zero-order valence-electron chi connectivity index (χ0n) is 9.55. The molecule has 88 valence electrons. The van der Waals surface area contributed by atoms with Crippen molar-refractivity contribution in [3.05, 3.63) is 29.3 Å². The van der Waals surface area contributed by atoms with Gasteiger partial charge in [-0.1, -0.05) is 13.8 Å². The van der Waals surface area contributed by atoms with Gasteiger partial charge in [0.1, 0.15) is 17.4 Å². The van der Waals surface area contributed by atoms with E-state index in [1.807, 2.05) is 13.8 Å². The van der Waals surface area contributed by atoms with Gasteiger partial charge in [0, 0.05) is 29.7 Å². The molecular formula is C12H15F2NO. The van der Waals surface area contributed by atoms with Crippen molar-refractivity contribution >= 4 is 0 Å². The normalized spacial score (nSPS) is 26.6. The molecule has 0 spiro atoms. The number of halogens is 2. The molecule has 2 N–H and O–H groups in total. The van der Waals surface area contributed by atoms with Gasteiger partial charge in [-0.25, -0.2) is 8.78 Å². The van der Waals surface area contributed by atoms with Crippen LogP contribution < -0.4 is 10.5 Å². The van der Waals surface area contributed by atoms with E-state index in [2.05, 4.69) is 0 Å². The lowest BCUT2D eigenvalue weighted by molar-refractivity contribution is 0.397. The fraction of sp³-hybridized carbons (Fsp3) is 0.500. The third-order valence-corrected chi connectivity index (χ3v) is 3.50. The first kappa shape index (κ1) is 11.3. The van der Waals surface area contributed by atoms with Crippen LogP contribution in [0.4, 0.5) is 8.78 Å². The van der Waals surface area contributed by atoms with E-state index in [4.69, 9.17) is 10.5 Å². The summed E-state index contributed by atoms with van der Waals surface area (Å²) in [5.74, 6) is -1.08. The lowest BCUT2D eigenvalue weighted by atomic mass is 10.0. The van der Waals surface area contributed by atoms with Gasteiger partial charge in [-0.3, -0.25) is 0 Å². The Morgan fingerprint density at radius 1 is 1.31 bits per heavy atom. The molecule has 0 saturated heterocycles. The molecule has 2 nitrogen and oxygen atoms in total. The molecule has 0 radical (unpaired) electrons. The summed E-state index contributed by atoms with van der Waals surface area (Å²) in [5, 5.41) is 0. The van der Waals surface area contributed by atoms with Crippen LogP contribution in [0.5, 0.6) is 5.75 Å². The third-order valence-electron chi connectivity index (χ3n) is 3.50. The molecule has 1 saturated carbocycles. The fourth-order valence-corrected chi connectivity index (χ4v) is 2.26.